The molecule has 0 aliphatic heterocycles. The number of benzene rings is 10. The van der Waals surface area contributed by atoms with Crippen LogP contribution in [0.2, 0.25) is 0 Å². The van der Waals surface area contributed by atoms with E-state index in [0.29, 0.717) is 0 Å². The molecule has 0 fully saturated rings. The second-order valence-electron chi connectivity index (χ2n) is 16.7. The molecule has 2 aliphatic rings. The Morgan fingerprint density at radius 1 is 0.317 bits per heavy atom. The molecule has 0 unspecified atom stereocenters. The van der Waals surface area contributed by atoms with Crippen molar-refractivity contribution >= 4 is 48.6 Å². The van der Waals surface area contributed by atoms with Crippen LogP contribution in [0.4, 0.5) is 17.1 Å². The minimum atomic E-state index is -0.493. The second-order valence-corrected chi connectivity index (χ2v) is 17.8. The fourth-order valence-corrected chi connectivity index (χ4v) is 11.9. The van der Waals surface area contributed by atoms with Crippen molar-refractivity contribution in [2.75, 3.05) is 4.90 Å². The maximum atomic E-state index is 2.56. The maximum absolute atomic E-state index is 2.56. The number of hydrogen-bond acceptors (Lipinski definition) is 2. The lowest BCUT2D eigenvalue weighted by atomic mass is 9.70. The van der Waals surface area contributed by atoms with Gasteiger partial charge >= 0.3 is 0 Å². The van der Waals surface area contributed by atoms with Crippen molar-refractivity contribution in [1.29, 1.82) is 0 Å². The van der Waals surface area contributed by atoms with Crippen LogP contribution in [0.25, 0.3) is 75.8 Å². The Hall–Kier alpha value is -7.78. The third kappa shape index (κ3) is 5.35. The highest BCUT2D eigenvalue weighted by molar-refractivity contribution is 7.26. The first-order valence-corrected chi connectivity index (χ1v) is 22.6. The first kappa shape index (κ1) is 35.9. The fraction of sp³-hybridized carbons (Fsp3) is 0.0164. The molecule has 0 saturated heterocycles. The zero-order chi connectivity index (χ0) is 41.5. The van der Waals surface area contributed by atoms with Crippen LogP contribution in [0, 0.1) is 0 Å². The highest BCUT2D eigenvalue weighted by Crippen LogP contribution is 2.66. The van der Waals surface area contributed by atoms with Crippen LogP contribution in [-0.2, 0) is 5.41 Å². The van der Waals surface area contributed by atoms with Crippen molar-refractivity contribution in [3.05, 3.63) is 259 Å². The first-order chi connectivity index (χ1) is 31.3. The third-order valence-corrected chi connectivity index (χ3v) is 14.6. The first-order valence-electron chi connectivity index (χ1n) is 21.8. The molecule has 1 heterocycles. The second kappa shape index (κ2) is 14.1. The van der Waals surface area contributed by atoms with Gasteiger partial charge in [-0.05, 0) is 115 Å². The molecule has 0 saturated carbocycles. The molecule has 1 spiro atoms. The quantitative estimate of drug-likeness (QED) is 0.162. The van der Waals surface area contributed by atoms with E-state index in [1.165, 1.54) is 104 Å². The van der Waals surface area contributed by atoms with Crippen molar-refractivity contribution in [3.63, 3.8) is 0 Å². The Bertz CT molecular complexity index is 3400. The molecule has 0 amide bonds. The van der Waals surface area contributed by atoms with Crippen LogP contribution in [0.15, 0.2) is 237 Å². The summed E-state index contributed by atoms with van der Waals surface area (Å²) in [6.07, 6.45) is 0. The Kier molecular flexibility index (Phi) is 8.06. The summed E-state index contributed by atoms with van der Waals surface area (Å²) in [6, 6.07) is 87.8. The van der Waals surface area contributed by atoms with E-state index >= 15 is 0 Å². The van der Waals surface area contributed by atoms with E-state index in [9.17, 15) is 0 Å². The molecular weight excluding hydrogens is 779 g/mol. The van der Waals surface area contributed by atoms with Crippen molar-refractivity contribution in [3.8, 4) is 55.6 Å². The van der Waals surface area contributed by atoms with Crippen molar-refractivity contribution in [2.24, 2.45) is 0 Å². The van der Waals surface area contributed by atoms with Crippen LogP contribution in [0.1, 0.15) is 22.3 Å². The standard InChI is InChI=1S/C61H39NS/c1-4-16-40(17-5-1)43-28-33-46(34-29-43)62(47-35-30-44(31-36-47)41-18-6-2-7-19-41)60-58-50-24-12-15-27-54(50)61(52-25-13-10-22-48(52)49-23-11-14-26-53(49)61)55(58)39-57-59(60)51-38-45(32-37-56(51)63-57)42-20-8-3-9-21-42/h1-39H. The summed E-state index contributed by atoms with van der Waals surface area (Å²) in [4.78, 5) is 2.56. The number of anilines is 3. The van der Waals surface area contributed by atoms with Crippen molar-refractivity contribution in [1.82, 2.24) is 0 Å². The van der Waals surface area contributed by atoms with Gasteiger partial charge in [-0.1, -0.05) is 194 Å². The predicted octanol–water partition coefficient (Wildman–Crippen LogP) is 16.9. The average Bonchev–Trinajstić information content (AvgIpc) is 3.99. The summed E-state index contributed by atoms with van der Waals surface area (Å²) in [6.45, 7) is 0. The Morgan fingerprint density at radius 3 is 1.25 bits per heavy atom. The van der Waals surface area contributed by atoms with E-state index in [1.54, 1.807) is 0 Å². The van der Waals surface area contributed by atoms with Gasteiger partial charge in [0.2, 0.25) is 0 Å². The molecule has 0 bridgehead atoms. The zero-order valence-corrected chi connectivity index (χ0v) is 35.2. The summed E-state index contributed by atoms with van der Waals surface area (Å²) in [5.41, 5.74) is 20.7. The highest BCUT2D eigenvalue weighted by Gasteiger charge is 2.53. The molecule has 1 nitrogen and oxygen atoms in total. The summed E-state index contributed by atoms with van der Waals surface area (Å²) >= 11 is 1.91. The van der Waals surface area contributed by atoms with E-state index in [0.717, 1.165) is 11.4 Å². The molecule has 0 radical (unpaired) electrons. The van der Waals surface area contributed by atoms with Gasteiger partial charge in [0.05, 0.1) is 11.1 Å². The minimum absolute atomic E-state index is 0.493. The third-order valence-electron chi connectivity index (χ3n) is 13.5. The van der Waals surface area contributed by atoms with Gasteiger partial charge in [-0.25, -0.2) is 0 Å². The van der Waals surface area contributed by atoms with Crippen LogP contribution in [0.5, 0.6) is 0 Å². The SMILES string of the molecule is c1ccc(-c2ccc(N(c3ccc(-c4ccccc4)cc3)c3c4c(cc5sc6ccc(-c7ccccc7)cc6c35)C3(c5ccccc5-c5ccccc53)c3ccccc3-4)cc2)cc1. The van der Waals surface area contributed by atoms with Gasteiger partial charge in [0.25, 0.3) is 0 Å². The zero-order valence-electron chi connectivity index (χ0n) is 34.4. The lowest BCUT2D eigenvalue weighted by Crippen LogP contribution is -2.26. The van der Waals surface area contributed by atoms with E-state index in [4.69, 9.17) is 0 Å². The molecule has 2 aliphatic carbocycles. The summed E-state index contributed by atoms with van der Waals surface area (Å²) in [5.74, 6) is 0. The molecule has 0 atom stereocenters. The van der Waals surface area contributed by atoms with Gasteiger partial charge < -0.3 is 4.90 Å². The number of rotatable bonds is 6. The molecule has 10 aromatic carbocycles. The maximum Gasteiger partial charge on any atom is 0.0726 e. The van der Waals surface area contributed by atoms with Crippen LogP contribution >= 0.6 is 11.3 Å². The number of thiophene rings is 1. The summed E-state index contributed by atoms with van der Waals surface area (Å²) in [5, 5.41) is 2.55. The van der Waals surface area contributed by atoms with E-state index < -0.39 is 5.41 Å². The van der Waals surface area contributed by atoms with Crippen LogP contribution < -0.4 is 4.90 Å². The van der Waals surface area contributed by atoms with Crippen LogP contribution in [0.3, 0.4) is 0 Å². The van der Waals surface area contributed by atoms with Crippen LogP contribution in [-0.4, -0.2) is 0 Å². The lowest BCUT2D eigenvalue weighted by Gasteiger charge is -2.32. The summed E-state index contributed by atoms with van der Waals surface area (Å²) < 4.78 is 2.56. The average molecular weight is 818 g/mol. The van der Waals surface area contributed by atoms with Crippen molar-refractivity contribution in [2.45, 2.75) is 5.41 Å². The molecular formula is C61H39NS. The number of nitrogens with zero attached hydrogens (tertiary/aromatic N) is 1. The fourth-order valence-electron chi connectivity index (χ4n) is 10.8. The molecule has 63 heavy (non-hydrogen) atoms. The van der Waals surface area contributed by atoms with Gasteiger partial charge in [0, 0.05) is 37.1 Å². The van der Waals surface area contributed by atoms with Gasteiger partial charge in [-0.15, -0.1) is 11.3 Å². The molecule has 11 aromatic rings. The van der Waals surface area contributed by atoms with Gasteiger partial charge in [0.1, 0.15) is 0 Å². The topological polar surface area (TPSA) is 3.24 Å². The Labute approximate surface area is 371 Å². The van der Waals surface area contributed by atoms with Gasteiger partial charge in [-0.3, -0.25) is 0 Å². The molecule has 1 aromatic heterocycles. The monoisotopic (exact) mass is 817 g/mol. The van der Waals surface area contributed by atoms with Crippen molar-refractivity contribution < 1.29 is 0 Å². The summed E-state index contributed by atoms with van der Waals surface area (Å²) in [7, 11) is 0. The highest BCUT2D eigenvalue weighted by atomic mass is 32.1. The minimum Gasteiger partial charge on any atom is -0.309 e. The Balaban J connectivity index is 1.17. The molecule has 13 rings (SSSR count). The largest absolute Gasteiger partial charge is 0.309 e. The van der Waals surface area contributed by atoms with Gasteiger partial charge in [-0.2, -0.15) is 0 Å². The van der Waals surface area contributed by atoms with E-state index in [-0.39, 0.29) is 0 Å². The molecule has 0 N–H and O–H groups in total. The van der Waals surface area contributed by atoms with Gasteiger partial charge in [0.15, 0.2) is 0 Å². The lowest BCUT2D eigenvalue weighted by molar-refractivity contribution is 0.795. The van der Waals surface area contributed by atoms with E-state index in [2.05, 4.69) is 241 Å². The van der Waals surface area contributed by atoms with E-state index in [1.807, 2.05) is 11.3 Å². The normalized spacial score (nSPS) is 12.9. The number of hydrogen-bond donors (Lipinski definition) is 0. The molecule has 294 valence electrons. The molecule has 2 heteroatoms. The predicted molar refractivity (Wildman–Crippen MR) is 267 cm³/mol. The Morgan fingerprint density at radius 2 is 0.730 bits per heavy atom. The number of fused-ring (bicyclic) bond motifs is 13. The smallest absolute Gasteiger partial charge is 0.0726 e.